The molecule has 2 aromatic carbocycles. The van der Waals surface area contributed by atoms with Crippen LogP contribution in [0, 0.1) is 0 Å². The SMILES string of the molecule is CCC(C)N(Cc1ccccc1OS(=O)(=O)c1ccc(NC(C)=O)cc1)C(=O)c1ccco1. The summed E-state index contributed by atoms with van der Waals surface area (Å²) in [6.45, 7) is 5.38. The number of nitrogens with zero attached hydrogens (tertiary/aromatic N) is 1. The van der Waals surface area contributed by atoms with E-state index < -0.39 is 10.1 Å². The van der Waals surface area contributed by atoms with Crippen LogP contribution in [0.4, 0.5) is 5.69 Å². The maximum absolute atomic E-state index is 13.0. The number of rotatable bonds is 9. The molecule has 0 saturated heterocycles. The Morgan fingerprint density at radius 1 is 1.06 bits per heavy atom. The molecule has 0 spiro atoms. The van der Waals surface area contributed by atoms with Crippen LogP contribution in [0.3, 0.4) is 0 Å². The van der Waals surface area contributed by atoms with Crippen LogP contribution in [0.25, 0.3) is 0 Å². The van der Waals surface area contributed by atoms with Crippen molar-refractivity contribution >= 4 is 27.6 Å². The van der Waals surface area contributed by atoms with Crippen LogP contribution in [0.5, 0.6) is 5.75 Å². The van der Waals surface area contributed by atoms with Gasteiger partial charge in [0.15, 0.2) is 5.76 Å². The molecule has 1 heterocycles. The molecule has 9 heteroatoms. The highest BCUT2D eigenvalue weighted by molar-refractivity contribution is 7.87. The molecule has 0 aliphatic carbocycles. The van der Waals surface area contributed by atoms with Gasteiger partial charge in [0, 0.05) is 24.2 Å². The van der Waals surface area contributed by atoms with E-state index in [1.54, 1.807) is 41.3 Å². The fraction of sp³-hybridized carbons (Fsp3) is 0.250. The topological polar surface area (TPSA) is 106 Å². The predicted molar refractivity (Wildman–Crippen MR) is 123 cm³/mol. The highest BCUT2D eigenvalue weighted by atomic mass is 32.2. The third-order valence-corrected chi connectivity index (χ3v) is 6.34. The van der Waals surface area contributed by atoms with E-state index in [4.69, 9.17) is 8.60 Å². The van der Waals surface area contributed by atoms with E-state index in [0.717, 1.165) is 0 Å². The fourth-order valence-corrected chi connectivity index (χ4v) is 4.13. The monoisotopic (exact) mass is 470 g/mol. The number of amides is 2. The van der Waals surface area contributed by atoms with Gasteiger partial charge in [-0.05, 0) is 55.8 Å². The summed E-state index contributed by atoms with van der Waals surface area (Å²) < 4.78 is 36.5. The lowest BCUT2D eigenvalue weighted by molar-refractivity contribution is -0.114. The summed E-state index contributed by atoms with van der Waals surface area (Å²) in [5.41, 5.74) is 1.01. The molecule has 0 aliphatic heterocycles. The van der Waals surface area contributed by atoms with Gasteiger partial charge in [0.2, 0.25) is 5.91 Å². The molecule has 0 fully saturated rings. The van der Waals surface area contributed by atoms with Crippen LogP contribution in [-0.4, -0.2) is 31.2 Å². The molecule has 0 aliphatic rings. The van der Waals surface area contributed by atoms with Crippen molar-refractivity contribution in [2.24, 2.45) is 0 Å². The lowest BCUT2D eigenvalue weighted by Crippen LogP contribution is -2.37. The average Bonchev–Trinajstić information content (AvgIpc) is 3.32. The number of anilines is 1. The minimum atomic E-state index is -4.14. The van der Waals surface area contributed by atoms with E-state index in [9.17, 15) is 18.0 Å². The first-order chi connectivity index (χ1) is 15.7. The molecular weight excluding hydrogens is 444 g/mol. The van der Waals surface area contributed by atoms with Crippen LogP contribution < -0.4 is 9.50 Å². The minimum Gasteiger partial charge on any atom is -0.459 e. The van der Waals surface area contributed by atoms with Crippen molar-refractivity contribution < 1.29 is 26.6 Å². The molecule has 8 nitrogen and oxygen atoms in total. The number of furan rings is 1. The van der Waals surface area contributed by atoms with Crippen molar-refractivity contribution in [3.63, 3.8) is 0 Å². The van der Waals surface area contributed by atoms with Gasteiger partial charge in [-0.15, -0.1) is 0 Å². The van der Waals surface area contributed by atoms with Gasteiger partial charge in [-0.2, -0.15) is 8.42 Å². The Balaban J connectivity index is 1.85. The van der Waals surface area contributed by atoms with Crippen LogP contribution in [-0.2, 0) is 21.5 Å². The standard InChI is InChI=1S/C24H26N2O6S/c1-4-17(2)26(24(28)23-10-7-15-31-23)16-19-8-5-6-9-22(19)32-33(29,30)21-13-11-20(12-14-21)25-18(3)27/h5-15,17H,4,16H2,1-3H3,(H,25,27). The average molecular weight is 471 g/mol. The van der Waals surface area contributed by atoms with E-state index in [1.807, 2.05) is 13.8 Å². The minimum absolute atomic E-state index is 0.0585. The zero-order valence-corrected chi connectivity index (χ0v) is 19.5. The van der Waals surface area contributed by atoms with Gasteiger partial charge in [0.05, 0.1) is 12.8 Å². The van der Waals surface area contributed by atoms with Crippen LogP contribution >= 0.6 is 0 Å². The van der Waals surface area contributed by atoms with Crippen LogP contribution in [0.15, 0.2) is 76.2 Å². The number of carbonyl (C=O) groups excluding carboxylic acids is 2. The highest BCUT2D eigenvalue weighted by Gasteiger charge is 2.25. The summed E-state index contributed by atoms with van der Waals surface area (Å²) in [6, 6.07) is 15.5. The summed E-state index contributed by atoms with van der Waals surface area (Å²) in [5, 5.41) is 2.58. The maximum atomic E-state index is 13.0. The first-order valence-corrected chi connectivity index (χ1v) is 11.9. The van der Waals surface area contributed by atoms with Crippen molar-refractivity contribution in [1.29, 1.82) is 0 Å². The largest absolute Gasteiger partial charge is 0.459 e. The summed E-state index contributed by atoms with van der Waals surface area (Å²) >= 11 is 0. The van der Waals surface area contributed by atoms with Crippen LogP contribution in [0.1, 0.15) is 43.3 Å². The van der Waals surface area contributed by atoms with Gasteiger partial charge in [-0.3, -0.25) is 9.59 Å². The second-order valence-corrected chi connectivity index (χ2v) is 9.06. The van der Waals surface area contributed by atoms with Crippen molar-refractivity contribution in [1.82, 2.24) is 4.90 Å². The molecule has 0 bridgehead atoms. The Labute approximate surface area is 193 Å². The molecule has 1 aromatic heterocycles. The van der Waals surface area contributed by atoms with Crippen LogP contribution in [0.2, 0.25) is 0 Å². The van der Waals surface area contributed by atoms with Gasteiger partial charge in [0.25, 0.3) is 5.91 Å². The Kier molecular flexibility index (Phi) is 7.55. The van der Waals surface area contributed by atoms with E-state index in [-0.39, 0.29) is 40.8 Å². The number of benzene rings is 2. The van der Waals surface area contributed by atoms with Gasteiger partial charge in [-0.1, -0.05) is 25.1 Å². The van der Waals surface area contributed by atoms with Crippen molar-refractivity contribution in [2.75, 3.05) is 5.32 Å². The van der Waals surface area contributed by atoms with E-state index in [0.29, 0.717) is 17.7 Å². The quantitative estimate of drug-likeness (QED) is 0.463. The molecule has 3 aromatic rings. The molecular formula is C24H26N2O6S. The Morgan fingerprint density at radius 3 is 2.36 bits per heavy atom. The Bertz CT molecular complexity index is 1200. The summed E-state index contributed by atoms with van der Waals surface area (Å²) in [6.07, 6.45) is 2.14. The smallest absolute Gasteiger partial charge is 0.339 e. The molecule has 33 heavy (non-hydrogen) atoms. The number of carbonyl (C=O) groups is 2. The molecule has 1 N–H and O–H groups in total. The third kappa shape index (κ3) is 6.01. The van der Waals surface area contributed by atoms with Crippen molar-refractivity contribution in [3.8, 4) is 5.75 Å². The van der Waals surface area contributed by atoms with Crippen molar-refractivity contribution in [2.45, 2.75) is 44.7 Å². The predicted octanol–water partition coefficient (Wildman–Crippen LogP) is 4.45. The first kappa shape index (κ1) is 24.1. The summed E-state index contributed by atoms with van der Waals surface area (Å²) in [4.78, 5) is 25.7. The van der Waals surface area contributed by atoms with Gasteiger partial charge < -0.3 is 18.8 Å². The molecule has 174 valence electrons. The van der Waals surface area contributed by atoms with E-state index in [1.165, 1.54) is 37.5 Å². The molecule has 3 rings (SSSR count). The van der Waals surface area contributed by atoms with Gasteiger partial charge >= 0.3 is 10.1 Å². The zero-order valence-electron chi connectivity index (χ0n) is 18.6. The molecule has 2 amide bonds. The van der Waals surface area contributed by atoms with Gasteiger partial charge in [-0.25, -0.2) is 0 Å². The second kappa shape index (κ2) is 10.4. The lowest BCUT2D eigenvalue weighted by Gasteiger charge is -2.28. The number of hydrogen-bond acceptors (Lipinski definition) is 6. The van der Waals surface area contributed by atoms with Gasteiger partial charge in [0.1, 0.15) is 10.6 Å². The zero-order chi connectivity index (χ0) is 24.0. The number of para-hydroxylation sites is 1. The second-order valence-electron chi connectivity index (χ2n) is 7.52. The van der Waals surface area contributed by atoms with E-state index >= 15 is 0 Å². The number of hydrogen-bond donors (Lipinski definition) is 1. The molecule has 1 atom stereocenters. The first-order valence-electron chi connectivity index (χ1n) is 10.5. The Hall–Kier alpha value is -3.59. The van der Waals surface area contributed by atoms with Crippen molar-refractivity contribution in [3.05, 3.63) is 78.3 Å². The van der Waals surface area contributed by atoms with E-state index in [2.05, 4.69) is 5.32 Å². The molecule has 0 radical (unpaired) electrons. The molecule has 1 unspecified atom stereocenters. The number of nitrogens with one attached hydrogen (secondary N) is 1. The fourth-order valence-electron chi connectivity index (χ4n) is 3.16. The highest BCUT2D eigenvalue weighted by Crippen LogP contribution is 2.26. The normalized spacial score (nSPS) is 12.1. The maximum Gasteiger partial charge on any atom is 0.339 e. The lowest BCUT2D eigenvalue weighted by atomic mass is 10.1. The third-order valence-electron chi connectivity index (χ3n) is 5.09. The Morgan fingerprint density at radius 2 is 1.76 bits per heavy atom. The summed E-state index contributed by atoms with van der Waals surface area (Å²) in [7, 11) is -4.14. The summed E-state index contributed by atoms with van der Waals surface area (Å²) in [5.74, 6) is -0.212. The molecule has 0 saturated carbocycles.